The molecule has 0 fully saturated rings. The van der Waals surface area contributed by atoms with Crippen molar-refractivity contribution in [3.05, 3.63) is 88.6 Å². The van der Waals surface area contributed by atoms with Crippen LogP contribution in [0.1, 0.15) is 25.7 Å². The number of benzene rings is 2. The van der Waals surface area contributed by atoms with E-state index in [1.165, 1.54) is 31.5 Å². The number of halogens is 2. The first-order chi connectivity index (χ1) is 15.5. The second-order valence-corrected chi connectivity index (χ2v) is 7.82. The van der Waals surface area contributed by atoms with E-state index in [9.17, 15) is 18.4 Å². The van der Waals surface area contributed by atoms with Crippen LogP contribution in [0.15, 0.2) is 60.8 Å². The van der Waals surface area contributed by atoms with Crippen molar-refractivity contribution >= 4 is 44.6 Å². The third-order valence-corrected chi connectivity index (χ3v) is 5.83. The Kier molecular flexibility index (Phi) is 6.20. The fraction of sp³-hybridized carbons (Fsp3) is 0.0870. The number of carbonyl (C=O) groups is 2. The van der Waals surface area contributed by atoms with Gasteiger partial charge in [0, 0.05) is 29.0 Å². The number of aromatic nitrogens is 1. The molecule has 6 nitrogen and oxygen atoms in total. The van der Waals surface area contributed by atoms with Crippen LogP contribution in [-0.4, -0.2) is 23.9 Å². The Morgan fingerprint density at radius 1 is 1.00 bits per heavy atom. The Bertz CT molecular complexity index is 1310. The lowest BCUT2D eigenvalue weighted by Gasteiger charge is -2.13. The topological polar surface area (TPSA) is 80.3 Å². The van der Waals surface area contributed by atoms with Crippen LogP contribution in [0.25, 0.3) is 10.1 Å². The molecule has 0 atom stereocenters. The van der Waals surface area contributed by atoms with Crippen molar-refractivity contribution in [3.63, 3.8) is 0 Å². The summed E-state index contributed by atoms with van der Waals surface area (Å²) in [6, 6.07) is 13.0. The molecule has 0 saturated heterocycles. The molecule has 0 aliphatic rings. The summed E-state index contributed by atoms with van der Waals surface area (Å²) >= 11 is 1.10. The Hall–Kier alpha value is -3.69. The van der Waals surface area contributed by atoms with Crippen molar-refractivity contribution in [2.75, 3.05) is 17.7 Å². The number of hydrogen-bond acceptors (Lipinski definition) is 5. The molecule has 0 aliphatic heterocycles. The molecular weight excluding hydrogens is 436 g/mol. The van der Waals surface area contributed by atoms with Crippen molar-refractivity contribution < 1.29 is 23.1 Å². The van der Waals surface area contributed by atoms with Crippen LogP contribution in [0.4, 0.5) is 20.2 Å². The molecule has 4 rings (SSSR count). The highest BCUT2D eigenvalue weighted by molar-refractivity contribution is 7.21. The van der Waals surface area contributed by atoms with E-state index in [0.29, 0.717) is 15.6 Å². The number of carbonyl (C=O) groups excluding carboxylic acids is 2. The number of fused-ring (bicyclic) bond motifs is 1. The highest BCUT2D eigenvalue weighted by Gasteiger charge is 2.22. The summed E-state index contributed by atoms with van der Waals surface area (Å²) in [7, 11) is 1.45. The van der Waals surface area contributed by atoms with Crippen LogP contribution < -0.4 is 10.6 Å². The van der Waals surface area contributed by atoms with E-state index in [0.717, 1.165) is 23.5 Å². The minimum Gasteiger partial charge on any atom is -0.380 e. The minimum absolute atomic E-state index is 0.0239. The summed E-state index contributed by atoms with van der Waals surface area (Å²) in [4.78, 5) is 29.8. The number of nitrogens with one attached hydrogen (secondary N) is 2. The summed E-state index contributed by atoms with van der Waals surface area (Å²) in [5, 5.41) is 5.56. The molecule has 2 amide bonds. The van der Waals surface area contributed by atoms with Gasteiger partial charge < -0.3 is 15.4 Å². The lowest BCUT2D eigenvalue weighted by atomic mass is 10.1. The van der Waals surface area contributed by atoms with Crippen molar-refractivity contribution in [3.8, 4) is 0 Å². The largest absolute Gasteiger partial charge is 0.380 e. The average Bonchev–Trinajstić information content (AvgIpc) is 3.16. The third-order valence-electron chi connectivity index (χ3n) is 4.63. The van der Waals surface area contributed by atoms with E-state index in [2.05, 4.69) is 15.6 Å². The van der Waals surface area contributed by atoms with Crippen molar-refractivity contribution in [1.29, 1.82) is 0 Å². The summed E-state index contributed by atoms with van der Waals surface area (Å²) in [6.45, 7) is 0.0239. The van der Waals surface area contributed by atoms with Gasteiger partial charge in [-0.1, -0.05) is 12.1 Å². The molecule has 9 heteroatoms. The van der Waals surface area contributed by atoms with Gasteiger partial charge in [0.2, 0.25) is 0 Å². The van der Waals surface area contributed by atoms with Gasteiger partial charge in [-0.15, -0.1) is 11.3 Å². The Morgan fingerprint density at radius 3 is 2.56 bits per heavy atom. The monoisotopic (exact) mass is 453 g/mol. The maximum Gasteiger partial charge on any atom is 0.274 e. The normalized spacial score (nSPS) is 10.8. The number of nitrogens with zero attached hydrogens (tertiary/aromatic N) is 1. The molecule has 32 heavy (non-hydrogen) atoms. The summed E-state index contributed by atoms with van der Waals surface area (Å²) in [5.41, 5.74) is 0.812. The number of methoxy groups -OCH3 is 1. The lowest BCUT2D eigenvalue weighted by Crippen LogP contribution is -2.18. The van der Waals surface area contributed by atoms with Gasteiger partial charge in [-0.2, -0.15) is 0 Å². The molecule has 2 heterocycles. The number of rotatable bonds is 6. The fourth-order valence-electron chi connectivity index (χ4n) is 3.22. The number of hydrogen-bond donors (Lipinski definition) is 2. The number of anilines is 2. The van der Waals surface area contributed by atoms with Crippen molar-refractivity contribution in [2.24, 2.45) is 0 Å². The first kappa shape index (κ1) is 21.5. The molecule has 2 N–H and O–H groups in total. The number of amides is 2. The smallest absolute Gasteiger partial charge is 0.274 e. The molecule has 0 saturated carbocycles. The SMILES string of the molecule is COCc1c(C(=O)Nc2cc(F)ccc2NC(=O)c2ccccn2)sc2cccc(F)c12. The number of ether oxygens (including phenoxy) is 1. The van der Waals surface area contributed by atoms with Gasteiger partial charge in [-0.25, -0.2) is 8.78 Å². The molecule has 162 valence electrons. The Labute approximate surface area is 185 Å². The van der Waals surface area contributed by atoms with Crippen molar-refractivity contribution in [1.82, 2.24) is 4.98 Å². The summed E-state index contributed by atoms with van der Waals surface area (Å²) in [5.74, 6) is -2.15. The number of pyridine rings is 1. The lowest BCUT2D eigenvalue weighted by molar-refractivity contribution is 0.101. The molecule has 0 spiro atoms. The Balaban J connectivity index is 1.67. The van der Waals surface area contributed by atoms with E-state index in [-0.39, 0.29) is 28.6 Å². The summed E-state index contributed by atoms with van der Waals surface area (Å²) < 4.78 is 34.1. The van der Waals surface area contributed by atoms with Gasteiger partial charge >= 0.3 is 0 Å². The minimum atomic E-state index is -0.601. The quantitative estimate of drug-likeness (QED) is 0.419. The molecule has 2 aromatic carbocycles. The maximum absolute atomic E-state index is 14.4. The zero-order valence-corrected chi connectivity index (χ0v) is 17.6. The predicted molar refractivity (Wildman–Crippen MR) is 119 cm³/mol. The van der Waals surface area contributed by atoms with Crippen LogP contribution in [0.5, 0.6) is 0 Å². The van der Waals surface area contributed by atoms with Gasteiger partial charge in [0.25, 0.3) is 11.8 Å². The van der Waals surface area contributed by atoms with E-state index >= 15 is 0 Å². The number of thiophene rings is 1. The summed E-state index contributed by atoms with van der Waals surface area (Å²) in [6.07, 6.45) is 1.47. The van der Waals surface area contributed by atoms with Gasteiger partial charge in [-0.05, 0) is 42.5 Å². The molecule has 4 aromatic rings. The second kappa shape index (κ2) is 9.21. The van der Waals surface area contributed by atoms with Gasteiger partial charge in [-0.3, -0.25) is 14.6 Å². The van der Waals surface area contributed by atoms with Crippen molar-refractivity contribution in [2.45, 2.75) is 6.61 Å². The molecule has 0 unspecified atom stereocenters. The first-order valence-electron chi connectivity index (χ1n) is 9.50. The molecular formula is C23H17F2N3O3S. The molecule has 0 bridgehead atoms. The fourth-order valence-corrected chi connectivity index (χ4v) is 4.34. The zero-order chi connectivity index (χ0) is 22.7. The van der Waals surface area contributed by atoms with E-state index in [1.54, 1.807) is 24.3 Å². The van der Waals surface area contributed by atoms with E-state index in [4.69, 9.17) is 4.74 Å². The van der Waals surface area contributed by atoms with Gasteiger partial charge in [0.1, 0.15) is 17.3 Å². The van der Waals surface area contributed by atoms with Gasteiger partial charge in [0.05, 0.1) is 22.9 Å². The molecule has 0 aliphatic carbocycles. The first-order valence-corrected chi connectivity index (χ1v) is 10.3. The van der Waals surface area contributed by atoms with E-state index in [1.807, 2.05) is 0 Å². The standard InChI is InChI=1S/C23H17F2N3O3S/c1-31-12-14-20-15(25)5-4-7-19(20)32-21(14)23(30)28-18-11-13(24)8-9-16(18)27-22(29)17-6-2-3-10-26-17/h2-11H,12H2,1H3,(H,27,29)(H,28,30). The average molecular weight is 453 g/mol. The maximum atomic E-state index is 14.4. The predicted octanol–water partition coefficient (Wildman–Crippen LogP) is 5.23. The van der Waals surface area contributed by atoms with Crippen LogP contribution in [-0.2, 0) is 11.3 Å². The molecule has 0 radical (unpaired) electrons. The Morgan fingerprint density at radius 2 is 1.81 bits per heavy atom. The van der Waals surface area contributed by atoms with Crippen LogP contribution >= 0.6 is 11.3 Å². The van der Waals surface area contributed by atoms with E-state index < -0.39 is 23.4 Å². The van der Waals surface area contributed by atoms with Crippen LogP contribution in [0, 0.1) is 11.6 Å². The zero-order valence-electron chi connectivity index (χ0n) is 16.8. The third kappa shape index (κ3) is 4.34. The van der Waals surface area contributed by atoms with Crippen LogP contribution in [0.2, 0.25) is 0 Å². The highest BCUT2D eigenvalue weighted by Crippen LogP contribution is 2.35. The van der Waals surface area contributed by atoms with Gasteiger partial charge in [0.15, 0.2) is 0 Å². The second-order valence-electron chi connectivity index (χ2n) is 6.77. The highest BCUT2D eigenvalue weighted by atomic mass is 32.1. The van der Waals surface area contributed by atoms with Crippen LogP contribution in [0.3, 0.4) is 0 Å². The molecule has 2 aromatic heterocycles.